The molecule has 5 nitrogen and oxygen atoms in total. The zero-order valence-corrected chi connectivity index (χ0v) is 47.8. The van der Waals surface area contributed by atoms with E-state index in [9.17, 15) is 0 Å². The van der Waals surface area contributed by atoms with Gasteiger partial charge in [-0.25, -0.2) is 15.0 Å². The molecule has 8 aromatic rings. The zero-order valence-electron chi connectivity index (χ0n) is 47.8. The van der Waals surface area contributed by atoms with Gasteiger partial charge >= 0.3 is 0 Å². The van der Waals surface area contributed by atoms with Crippen LogP contribution in [0.3, 0.4) is 0 Å². The average Bonchev–Trinajstić information content (AvgIpc) is 4.13. The molecule has 80 heavy (non-hydrogen) atoms. The molecule has 3 aromatic heterocycles. The number of rotatable bonds is 19. The van der Waals surface area contributed by atoms with E-state index in [4.69, 9.17) is 15.0 Å². The Balaban J connectivity index is 1.14. The first-order chi connectivity index (χ1) is 39.2. The van der Waals surface area contributed by atoms with Crippen molar-refractivity contribution in [3.8, 4) is 33.9 Å². The predicted octanol–water partition coefficient (Wildman–Crippen LogP) is 20.7. The number of para-hydroxylation sites is 1. The lowest BCUT2D eigenvalue weighted by atomic mass is 9.92. The van der Waals surface area contributed by atoms with Crippen LogP contribution in [0.4, 0.5) is 0 Å². The van der Waals surface area contributed by atoms with E-state index in [-0.39, 0.29) is 0 Å². The molecule has 0 saturated heterocycles. The van der Waals surface area contributed by atoms with Gasteiger partial charge in [-0.2, -0.15) is 0 Å². The summed E-state index contributed by atoms with van der Waals surface area (Å²) in [5.41, 5.74) is 21.6. The van der Waals surface area contributed by atoms with Crippen LogP contribution in [0.2, 0.25) is 0 Å². The minimum Gasteiger partial charge on any atom is -0.310 e. The van der Waals surface area contributed by atoms with Crippen LogP contribution in [0, 0.1) is 0 Å². The van der Waals surface area contributed by atoms with Gasteiger partial charge in [0.2, 0.25) is 0 Å². The Morgan fingerprint density at radius 3 is 1.88 bits per heavy atom. The molecule has 0 aliphatic heterocycles. The van der Waals surface area contributed by atoms with E-state index >= 15 is 0 Å². The maximum atomic E-state index is 5.39. The van der Waals surface area contributed by atoms with Gasteiger partial charge in [-0.1, -0.05) is 179 Å². The van der Waals surface area contributed by atoms with Crippen LogP contribution in [0.15, 0.2) is 253 Å². The standard InChI is InChI=1S/C75H73N5/c1-11-26-53(27-12-2)52(10)50-66(54(28-13-3)29-14-4)76-65(19-9)57-42-46-59(47-43-57)79-69-38-22-20-34-63(69)73-61(36-24-40-71(73)79)62-37-25-41-72-74(62)64-35-21-23-39-70(64)80(72)60-48-44-58(45-49-60)75-77-67(55(30-15-5)31-16-6)51-68(78-75)56(32-17-7)33-18-8/h11-13,15-17,19,21-33,35-51H,1,5,14,18,20,34H2,2-4,6-10H3/b27-12-,28-13-,31-16-,32-17-,52-50+,53-26+,54-29+,55-30+,56-33+,65-19+,76-66?. The summed E-state index contributed by atoms with van der Waals surface area (Å²) in [6.07, 6.45) is 41.5. The second-order valence-electron chi connectivity index (χ2n) is 19.8. The van der Waals surface area contributed by atoms with Crippen molar-refractivity contribution < 1.29 is 0 Å². The molecule has 0 spiro atoms. The topological polar surface area (TPSA) is 48.0 Å². The summed E-state index contributed by atoms with van der Waals surface area (Å²) < 4.78 is 4.86. The highest BCUT2D eigenvalue weighted by Gasteiger charge is 2.24. The molecule has 1 aliphatic carbocycles. The van der Waals surface area contributed by atoms with Crippen molar-refractivity contribution in [2.45, 2.75) is 81.1 Å². The second-order valence-corrected chi connectivity index (χ2v) is 19.8. The molecule has 0 N–H and O–H groups in total. The fourth-order valence-electron chi connectivity index (χ4n) is 11.1. The van der Waals surface area contributed by atoms with Crippen LogP contribution in [0.25, 0.3) is 89.5 Å². The van der Waals surface area contributed by atoms with Gasteiger partial charge in [0.1, 0.15) is 0 Å². The van der Waals surface area contributed by atoms with Gasteiger partial charge in [0.25, 0.3) is 0 Å². The molecule has 0 saturated carbocycles. The molecular formula is C75H73N5. The lowest BCUT2D eigenvalue weighted by Crippen LogP contribution is -2.02. The Bertz CT molecular complexity index is 4020. The Hall–Kier alpha value is -9.19. The highest BCUT2D eigenvalue weighted by atomic mass is 15.0. The van der Waals surface area contributed by atoms with E-state index in [1.54, 1.807) is 0 Å². The zero-order chi connectivity index (χ0) is 56.1. The van der Waals surface area contributed by atoms with Crippen LogP contribution in [-0.2, 0) is 6.42 Å². The van der Waals surface area contributed by atoms with Crippen LogP contribution in [0.5, 0.6) is 0 Å². The smallest absolute Gasteiger partial charge is 0.160 e. The lowest BCUT2D eigenvalue weighted by molar-refractivity contribution is 0.967. The van der Waals surface area contributed by atoms with Crippen molar-refractivity contribution in [1.82, 2.24) is 19.1 Å². The van der Waals surface area contributed by atoms with E-state index < -0.39 is 0 Å². The van der Waals surface area contributed by atoms with Gasteiger partial charge < -0.3 is 9.13 Å². The third-order valence-electron chi connectivity index (χ3n) is 14.5. The summed E-state index contributed by atoms with van der Waals surface area (Å²) in [4.78, 5) is 15.7. The molecule has 0 bridgehead atoms. The molecule has 5 heteroatoms. The Morgan fingerprint density at radius 1 is 0.613 bits per heavy atom. The van der Waals surface area contributed by atoms with E-state index in [0.717, 1.165) is 110 Å². The quantitative estimate of drug-likeness (QED) is 0.0598. The van der Waals surface area contributed by atoms with Gasteiger partial charge in [0, 0.05) is 38.8 Å². The fourth-order valence-corrected chi connectivity index (χ4v) is 11.1. The third kappa shape index (κ3) is 11.4. The highest BCUT2D eigenvalue weighted by molar-refractivity contribution is 6.18. The monoisotopic (exact) mass is 1040 g/mol. The third-order valence-corrected chi connectivity index (χ3v) is 14.5. The van der Waals surface area contributed by atoms with Crippen LogP contribution in [-0.4, -0.2) is 24.8 Å². The van der Waals surface area contributed by atoms with Gasteiger partial charge in [-0.05, 0) is 190 Å². The number of fused-ring (bicyclic) bond motifs is 6. The molecule has 1 aliphatic rings. The summed E-state index contributed by atoms with van der Waals surface area (Å²) in [6, 6.07) is 42.2. The number of aliphatic imine (C=N–C) groups is 1. The number of nitrogens with zero attached hydrogens (tertiary/aromatic N) is 5. The first-order valence-electron chi connectivity index (χ1n) is 28.2. The summed E-state index contributed by atoms with van der Waals surface area (Å²) in [5.74, 6) is 0.670. The molecular weight excluding hydrogens is 971 g/mol. The van der Waals surface area contributed by atoms with Crippen LogP contribution in [0.1, 0.15) is 103 Å². The van der Waals surface area contributed by atoms with E-state index in [0.29, 0.717) is 5.82 Å². The number of aromatic nitrogens is 4. The number of benzene rings is 5. The molecule has 0 radical (unpaired) electrons. The summed E-state index contributed by atoms with van der Waals surface area (Å²) in [5, 5.41) is 3.73. The van der Waals surface area contributed by atoms with Crippen molar-refractivity contribution >= 4 is 61.3 Å². The van der Waals surface area contributed by atoms with Crippen molar-refractivity contribution in [2.75, 3.05) is 0 Å². The maximum Gasteiger partial charge on any atom is 0.160 e. The Labute approximate surface area is 474 Å². The summed E-state index contributed by atoms with van der Waals surface area (Å²) in [7, 11) is 0. The SMILES string of the molecule is C=C/C=C(\C=C/C)C(/C)=C/C(=NC(=C/C)/c1ccc(-n2c3c(c4c(-c5cccc6c5c5ccccc5n6-c5ccc(-c6nc(C(/C=C\C)=C/C=C)cc(C(/C=C\C)=C/CC)n6)cc5)cccc42)CCC=C3)cc1)C(/C=C\C)=C/CC. The Morgan fingerprint density at radius 2 is 1.21 bits per heavy atom. The molecule has 398 valence electrons. The molecule has 0 atom stereocenters. The average molecular weight is 1040 g/mol. The van der Waals surface area contributed by atoms with Gasteiger partial charge in [0.05, 0.1) is 39.3 Å². The number of hydrogen-bond donors (Lipinski definition) is 0. The van der Waals surface area contributed by atoms with Gasteiger partial charge in [0.15, 0.2) is 5.82 Å². The number of hydrogen-bond acceptors (Lipinski definition) is 3. The largest absolute Gasteiger partial charge is 0.310 e. The molecule has 0 amide bonds. The van der Waals surface area contributed by atoms with Crippen LogP contribution >= 0.6 is 0 Å². The lowest BCUT2D eigenvalue weighted by Gasteiger charge is -2.13. The van der Waals surface area contributed by atoms with Crippen molar-refractivity contribution in [2.24, 2.45) is 4.99 Å². The predicted molar refractivity (Wildman–Crippen MR) is 349 cm³/mol. The van der Waals surface area contributed by atoms with E-state index in [1.165, 1.54) is 44.1 Å². The first kappa shape index (κ1) is 55.6. The summed E-state index contributed by atoms with van der Waals surface area (Å²) >= 11 is 0. The van der Waals surface area contributed by atoms with E-state index in [1.807, 2.05) is 51.2 Å². The van der Waals surface area contributed by atoms with Crippen LogP contribution < -0.4 is 0 Å². The normalized spacial score (nSPS) is 14.4. The molecule has 0 unspecified atom stereocenters. The Kier molecular flexibility index (Phi) is 18.0. The molecule has 9 rings (SSSR count). The van der Waals surface area contributed by atoms with Gasteiger partial charge in [-0.15, -0.1) is 0 Å². The van der Waals surface area contributed by atoms with Gasteiger partial charge in [-0.3, -0.25) is 0 Å². The summed E-state index contributed by atoms with van der Waals surface area (Å²) in [6.45, 7) is 24.7. The minimum atomic E-state index is 0.670. The second kappa shape index (κ2) is 26.0. The number of allylic oxidation sites excluding steroid dienone is 22. The molecule has 5 aromatic carbocycles. The fraction of sp³-hybridized carbons (Fsp3) is 0.160. The van der Waals surface area contributed by atoms with Crippen molar-refractivity contribution in [3.63, 3.8) is 0 Å². The first-order valence-corrected chi connectivity index (χ1v) is 28.2. The maximum absolute atomic E-state index is 5.39. The molecule has 3 heterocycles. The highest BCUT2D eigenvalue weighted by Crippen LogP contribution is 2.45. The molecule has 0 fully saturated rings. The van der Waals surface area contributed by atoms with E-state index in [2.05, 4.69) is 251 Å². The van der Waals surface area contributed by atoms with Crippen molar-refractivity contribution in [1.29, 1.82) is 0 Å². The van der Waals surface area contributed by atoms with Crippen molar-refractivity contribution in [3.05, 3.63) is 277 Å². The number of aryl methyl sites for hydroxylation is 1. The minimum absolute atomic E-state index is 0.670.